The molecule has 3 rings (SSSR count). The molecular formula is C20H27N5O. The van der Waals surface area contributed by atoms with E-state index in [4.69, 9.17) is 5.73 Å². The Hall–Kier alpha value is -2.60. The van der Waals surface area contributed by atoms with Crippen molar-refractivity contribution in [2.45, 2.75) is 19.8 Å². The lowest BCUT2D eigenvalue weighted by atomic mass is 9.73. The number of amides is 2. The zero-order chi connectivity index (χ0) is 18.6. The van der Waals surface area contributed by atoms with Gasteiger partial charge in [-0.15, -0.1) is 0 Å². The summed E-state index contributed by atoms with van der Waals surface area (Å²) >= 11 is 0. The number of carbonyl (C=O) groups excluding carboxylic acids is 1. The lowest BCUT2D eigenvalue weighted by molar-refractivity contribution is 0.0693. The Morgan fingerprint density at radius 1 is 1.38 bits per heavy atom. The van der Waals surface area contributed by atoms with Gasteiger partial charge in [0.1, 0.15) is 0 Å². The molecular weight excluding hydrogens is 326 g/mol. The highest BCUT2D eigenvalue weighted by atomic mass is 16.2. The number of hydrogen-bond donors (Lipinski definition) is 3. The number of likely N-dealkylation sites (tertiary alicyclic amines) is 1. The van der Waals surface area contributed by atoms with Crippen molar-refractivity contribution in [3.8, 4) is 0 Å². The zero-order valence-corrected chi connectivity index (χ0v) is 15.3. The Labute approximate surface area is 154 Å². The molecule has 0 bridgehead atoms. The largest absolute Gasteiger partial charge is 0.397 e. The highest BCUT2D eigenvalue weighted by Crippen LogP contribution is 2.34. The Balaban J connectivity index is 1.53. The number of carbonyl (C=O) groups is 1. The number of rotatable bonds is 4. The van der Waals surface area contributed by atoms with Crippen molar-refractivity contribution in [2.75, 3.05) is 26.2 Å². The van der Waals surface area contributed by atoms with E-state index < -0.39 is 0 Å². The first kappa shape index (κ1) is 18.2. The first-order valence-electron chi connectivity index (χ1n) is 8.99. The second-order valence-corrected chi connectivity index (χ2v) is 7.21. The second-order valence-electron chi connectivity index (χ2n) is 7.21. The number of piperidine rings is 1. The van der Waals surface area contributed by atoms with Gasteiger partial charge in [0.15, 0.2) is 0 Å². The van der Waals surface area contributed by atoms with Crippen LogP contribution in [0.25, 0.3) is 5.57 Å². The summed E-state index contributed by atoms with van der Waals surface area (Å²) in [6.07, 6.45) is 9.31. The van der Waals surface area contributed by atoms with E-state index in [1.807, 2.05) is 30.0 Å². The van der Waals surface area contributed by atoms with Gasteiger partial charge in [0, 0.05) is 38.6 Å². The molecule has 2 aliphatic rings. The third-order valence-corrected chi connectivity index (χ3v) is 5.35. The van der Waals surface area contributed by atoms with Gasteiger partial charge in [-0.25, -0.2) is 4.79 Å². The average molecular weight is 353 g/mol. The summed E-state index contributed by atoms with van der Waals surface area (Å²) in [5.41, 5.74) is 9.41. The fourth-order valence-corrected chi connectivity index (χ4v) is 3.30. The van der Waals surface area contributed by atoms with E-state index in [1.165, 1.54) is 0 Å². The summed E-state index contributed by atoms with van der Waals surface area (Å²) in [4.78, 5) is 18.4. The average Bonchev–Trinajstić information content (AvgIpc) is 2.65. The van der Waals surface area contributed by atoms with Crippen LogP contribution < -0.4 is 16.4 Å². The first-order valence-corrected chi connectivity index (χ1v) is 8.99. The smallest absolute Gasteiger partial charge is 0.321 e. The van der Waals surface area contributed by atoms with Crippen LogP contribution in [0, 0.1) is 5.41 Å². The van der Waals surface area contributed by atoms with E-state index in [1.54, 1.807) is 18.5 Å². The van der Waals surface area contributed by atoms with Crippen LogP contribution in [0.4, 0.5) is 4.79 Å². The van der Waals surface area contributed by atoms with Gasteiger partial charge in [0.2, 0.25) is 0 Å². The predicted molar refractivity (Wildman–Crippen MR) is 104 cm³/mol. The molecule has 0 radical (unpaired) electrons. The number of nitrogens with two attached hydrogens (primary N) is 1. The molecule has 0 saturated carbocycles. The molecule has 138 valence electrons. The molecule has 0 aliphatic carbocycles. The van der Waals surface area contributed by atoms with Crippen LogP contribution in [0.2, 0.25) is 0 Å². The number of hydrogen-bond acceptors (Lipinski definition) is 4. The maximum absolute atomic E-state index is 12.4. The van der Waals surface area contributed by atoms with E-state index in [9.17, 15) is 4.79 Å². The minimum Gasteiger partial charge on any atom is -0.397 e. The van der Waals surface area contributed by atoms with Crippen molar-refractivity contribution in [2.24, 2.45) is 11.1 Å². The van der Waals surface area contributed by atoms with Crippen LogP contribution in [0.15, 0.2) is 54.7 Å². The normalized spacial score (nSPS) is 19.8. The second kappa shape index (κ2) is 7.74. The maximum atomic E-state index is 12.4. The van der Waals surface area contributed by atoms with Crippen LogP contribution in [0.5, 0.6) is 0 Å². The molecule has 26 heavy (non-hydrogen) atoms. The minimum atomic E-state index is -0.124. The van der Waals surface area contributed by atoms with Crippen molar-refractivity contribution >= 4 is 11.6 Å². The Morgan fingerprint density at radius 3 is 2.69 bits per heavy atom. The first-order chi connectivity index (χ1) is 12.5. The van der Waals surface area contributed by atoms with Crippen molar-refractivity contribution in [3.05, 3.63) is 60.2 Å². The molecule has 3 heterocycles. The van der Waals surface area contributed by atoms with Crippen molar-refractivity contribution in [1.82, 2.24) is 20.5 Å². The van der Waals surface area contributed by atoms with Gasteiger partial charge >= 0.3 is 6.03 Å². The molecule has 1 aromatic heterocycles. The molecule has 6 nitrogen and oxygen atoms in total. The predicted octanol–water partition coefficient (Wildman–Crippen LogP) is 2.24. The van der Waals surface area contributed by atoms with E-state index in [-0.39, 0.29) is 6.03 Å². The van der Waals surface area contributed by atoms with Gasteiger partial charge in [-0.2, -0.15) is 0 Å². The van der Waals surface area contributed by atoms with Crippen molar-refractivity contribution < 1.29 is 4.79 Å². The van der Waals surface area contributed by atoms with Gasteiger partial charge < -0.3 is 21.3 Å². The molecule has 1 spiro atoms. The lowest BCUT2D eigenvalue weighted by Crippen LogP contribution is -2.59. The van der Waals surface area contributed by atoms with Gasteiger partial charge in [-0.3, -0.25) is 4.98 Å². The van der Waals surface area contributed by atoms with Crippen LogP contribution in [-0.2, 0) is 0 Å². The highest BCUT2D eigenvalue weighted by Gasteiger charge is 2.40. The van der Waals surface area contributed by atoms with Crippen LogP contribution in [0.1, 0.15) is 25.3 Å². The third kappa shape index (κ3) is 4.14. The molecule has 4 N–H and O–H groups in total. The standard InChI is InChI=1S/C20H27N5O/c1-15(17-4-3-9-22-12-17)5-6-18(21)16(2)24-19(26)25-10-7-20(8-11-25)13-23-14-20/h3-6,9,12,23H,2,7-8,10-11,13-14,21H2,1H3,(H,24,26)/b15-5+,18-6+. The number of pyridine rings is 1. The van der Waals surface area contributed by atoms with Crippen LogP contribution in [-0.4, -0.2) is 42.1 Å². The molecule has 2 fully saturated rings. The van der Waals surface area contributed by atoms with Crippen LogP contribution >= 0.6 is 0 Å². The summed E-state index contributed by atoms with van der Waals surface area (Å²) in [7, 11) is 0. The number of nitrogens with zero attached hydrogens (tertiary/aromatic N) is 2. The quantitative estimate of drug-likeness (QED) is 0.725. The van der Waals surface area contributed by atoms with E-state index in [0.29, 0.717) is 16.8 Å². The number of allylic oxidation sites excluding steroid dienone is 3. The minimum absolute atomic E-state index is 0.124. The number of urea groups is 1. The molecule has 1 aromatic rings. The third-order valence-electron chi connectivity index (χ3n) is 5.35. The van der Waals surface area contributed by atoms with Gasteiger partial charge in [-0.1, -0.05) is 18.7 Å². The fraction of sp³-hybridized carbons (Fsp3) is 0.400. The number of nitrogens with one attached hydrogen (secondary N) is 2. The number of aromatic nitrogens is 1. The topological polar surface area (TPSA) is 83.3 Å². The highest BCUT2D eigenvalue weighted by molar-refractivity contribution is 5.77. The fourth-order valence-electron chi connectivity index (χ4n) is 3.30. The molecule has 2 saturated heterocycles. The van der Waals surface area contributed by atoms with Gasteiger partial charge in [0.05, 0.1) is 11.4 Å². The lowest BCUT2D eigenvalue weighted by Gasteiger charge is -2.48. The maximum Gasteiger partial charge on any atom is 0.321 e. The van der Waals surface area contributed by atoms with Gasteiger partial charge in [0.25, 0.3) is 0 Å². The SMILES string of the molecule is C=C(NC(=O)N1CCC2(CC1)CNC2)/C(N)=C\C=C(/C)c1cccnc1. The summed E-state index contributed by atoms with van der Waals surface area (Å²) in [5, 5.41) is 6.15. The summed E-state index contributed by atoms with van der Waals surface area (Å²) < 4.78 is 0. The van der Waals surface area contributed by atoms with Crippen molar-refractivity contribution in [3.63, 3.8) is 0 Å². The molecule has 0 unspecified atom stereocenters. The molecule has 0 aromatic carbocycles. The molecule has 2 amide bonds. The Kier molecular flexibility index (Phi) is 5.42. The molecule has 0 atom stereocenters. The molecule has 2 aliphatic heterocycles. The van der Waals surface area contributed by atoms with E-state index in [2.05, 4.69) is 22.2 Å². The Morgan fingerprint density at radius 2 is 2.12 bits per heavy atom. The van der Waals surface area contributed by atoms with Crippen LogP contribution in [0.3, 0.4) is 0 Å². The Bertz CT molecular complexity index is 724. The van der Waals surface area contributed by atoms with E-state index in [0.717, 1.165) is 50.2 Å². The van der Waals surface area contributed by atoms with E-state index >= 15 is 0 Å². The van der Waals surface area contributed by atoms with Gasteiger partial charge in [-0.05, 0) is 48.5 Å². The monoisotopic (exact) mass is 353 g/mol. The van der Waals surface area contributed by atoms with Crippen molar-refractivity contribution in [1.29, 1.82) is 0 Å². The summed E-state index contributed by atoms with van der Waals surface area (Å²) in [6, 6.07) is 3.75. The zero-order valence-electron chi connectivity index (χ0n) is 15.3. The molecule has 6 heteroatoms. The summed E-state index contributed by atoms with van der Waals surface area (Å²) in [5.74, 6) is 0. The summed E-state index contributed by atoms with van der Waals surface area (Å²) in [6.45, 7) is 9.60.